The van der Waals surface area contributed by atoms with Crippen molar-refractivity contribution in [1.82, 2.24) is 0 Å². The van der Waals surface area contributed by atoms with Crippen LogP contribution in [0.2, 0.25) is 0 Å². The lowest BCUT2D eigenvalue weighted by atomic mass is 9.81. The third-order valence-electron chi connectivity index (χ3n) is 4.23. The topological polar surface area (TPSA) is 72.6 Å². The van der Waals surface area contributed by atoms with Crippen molar-refractivity contribution in [1.29, 1.82) is 0 Å². The second-order valence-corrected chi connectivity index (χ2v) is 5.33. The van der Waals surface area contributed by atoms with E-state index in [-0.39, 0.29) is 11.8 Å². The van der Waals surface area contributed by atoms with E-state index in [0.717, 1.165) is 0 Å². The summed E-state index contributed by atoms with van der Waals surface area (Å²) in [6.07, 6.45) is 1.66. The summed E-state index contributed by atoms with van der Waals surface area (Å²) in [4.78, 5) is 26.2. The highest BCUT2D eigenvalue weighted by atomic mass is 16.5. The predicted molar refractivity (Wildman–Crippen MR) is 81.1 cm³/mol. The second kappa shape index (κ2) is 6.26. The Hall–Kier alpha value is -1.88. The van der Waals surface area contributed by atoms with Gasteiger partial charge in [-0.15, -0.1) is 0 Å². The maximum absolute atomic E-state index is 12.6. The number of nitrogens with two attached hydrogens (primary N) is 1. The van der Waals surface area contributed by atoms with E-state index in [4.69, 9.17) is 10.5 Å². The van der Waals surface area contributed by atoms with Crippen molar-refractivity contribution in [2.24, 2.45) is 11.1 Å². The maximum Gasteiger partial charge on any atom is 0.240 e. The molecule has 1 saturated heterocycles. The van der Waals surface area contributed by atoms with E-state index in [1.165, 1.54) is 4.90 Å². The minimum Gasteiger partial charge on any atom is -0.492 e. The van der Waals surface area contributed by atoms with Crippen molar-refractivity contribution in [3.63, 3.8) is 0 Å². The first kappa shape index (κ1) is 15.5. The van der Waals surface area contributed by atoms with Crippen LogP contribution in [0.4, 0.5) is 5.69 Å². The van der Waals surface area contributed by atoms with Crippen molar-refractivity contribution in [3.05, 3.63) is 24.3 Å². The SMILES string of the molecule is CCC1(CC)CC(=O)N(c2ccc(OCCN)cc2)C1=O. The first-order valence-corrected chi connectivity index (χ1v) is 7.38. The number of nitrogens with zero attached hydrogens (tertiary/aromatic N) is 1. The van der Waals surface area contributed by atoms with Crippen LogP contribution in [-0.4, -0.2) is 25.0 Å². The van der Waals surface area contributed by atoms with Gasteiger partial charge in [-0.1, -0.05) is 13.8 Å². The van der Waals surface area contributed by atoms with E-state index in [9.17, 15) is 9.59 Å². The molecule has 0 bridgehead atoms. The van der Waals surface area contributed by atoms with E-state index in [2.05, 4.69) is 0 Å². The van der Waals surface area contributed by atoms with Crippen LogP contribution in [0.15, 0.2) is 24.3 Å². The Bertz CT molecular complexity index is 521. The molecule has 114 valence electrons. The summed E-state index contributed by atoms with van der Waals surface area (Å²) < 4.78 is 5.40. The number of benzene rings is 1. The van der Waals surface area contributed by atoms with Crippen LogP contribution < -0.4 is 15.4 Å². The smallest absolute Gasteiger partial charge is 0.240 e. The van der Waals surface area contributed by atoms with Crippen LogP contribution in [0.3, 0.4) is 0 Å². The largest absolute Gasteiger partial charge is 0.492 e. The molecule has 1 aliphatic heterocycles. The standard InChI is InChI=1S/C16H22N2O3/c1-3-16(4-2)11-14(19)18(15(16)20)12-5-7-13(8-6-12)21-10-9-17/h5-8H,3-4,9-11,17H2,1-2H3. The molecule has 0 atom stereocenters. The Kier molecular flexibility index (Phi) is 4.63. The summed E-state index contributed by atoms with van der Waals surface area (Å²) in [6.45, 7) is 4.81. The fraction of sp³-hybridized carbons (Fsp3) is 0.500. The fourth-order valence-electron chi connectivity index (χ4n) is 2.73. The molecule has 0 radical (unpaired) electrons. The lowest BCUT2D eigenvalue weighted by Crippen LogP contribution is -2.35. The van der Waals surface area contributed by atoms with Gasteiger partial charge < -0.3 is 10.5 Å². The van der Waals surface area contributed by atoms with Crippen LogP contribution in [0.5, 0.6) is 5.75 Å². The summed E-state index contributed by atoms with van der Waals surface area (Å²) in [7, 11) is 0. The average molecular weight is 290 g/mol. The van der Waals surface area contributed by atoms with E-state index in [0.29, 0.717) is 43.9 Å². The quantitative estimate of drug-likeness (QED) is 0.814. The van der Waals surface area contributed by atoms with E-state index >= 15 is 0 Å². The number of rotatable bonds is 6. The molecule has 21 heavy (non-hydrogen) atoms. The molecule has 2 N–H and O–H groups in total. The molecule has 1 heterocycles. The molecule has 1 fully saturated rings. The van der Waals surface area contributed by atoms with Crippen molar-refractivity contribution in [3.8, 4) is 5.75 Å². The number of ether oxygens (including phenoxy) is 1. The lowest BCUT2D eigenvalue weighted by Gasteiger charge is -2.23. The molecule has 5 nitrogen and oxygen atoms in total. The van der Waals surface area contributed by atoms with Gasteiger partial charge in [0.1, 0.15) is 12.4 Å². The molecular formula is C16H22N2O3. The molecule has 0 saturated carbocycles. The minimum absolute atomic E-state index is 0.0897. The third-order valence-corrected chi connectivity index (χ3v) is 4.23. The highest BCUT2D eigenvalue weighted by Crippen LogP contribution is 2.41. The molecule has 1 aromatic rings. The zero-order valence-corrected chi connectivity index (χ0v) is 12.6. The zero-order valence-electron chi connectivity index (χ0n) is 12.6. The summed E-state index contributed by atoms with van der Waals surface area (Å²) >= 11 is 0. The molecule has 2 rings (SSSR count). The Morgan fingerprint density at radius 2 is 1.81 bits per heavy atom. The van der Waals surface area contributed by atoms with Crippen LogP contribution >= 0.6 is 0 Å². The fourth-order valence-corrected chi connectivity index (χ4v) is 2.73. The summed E-state index contributed by atoms with van der Waals surface area (Å²) in [6, 6.07) is 6.99. The Balaban J connectivity index is 2.22. The van der Waals surface area contributed by atoms with Gasteiger partial charge in [0.15, 0.2) is 0 Å². The molecule has 5 heteroatoms. The number of carbonyl (C=O) groups excluding carboxylic acids is 2. The number of hydrogen-bond donors (Lipinski definition) is 1. The van der Waals surface area contributed by atoms with Gasteiger partial charge in [0.25, 0.3) is 0 Å². The number of carbonyl (C=O) groups is 2. The number of amides is 2. The van der Waals surface area contributed by atoms with Gasteiger partial charge in [-0.3, -0.25) is 14.5 Å². The first-order chi connectivity index (χ1) is 10.1. The predicted octanol–water partition coefficient (Wildman–Crippen LogP) is 2.09. The van der Waals surface area contributed by atoms with Crippen molar-refractivity contribution >= 4 is 17.5 Å². The molecule has 0 spiro atoms. The first-order valence-electron chi connectivity index (χ1n) is 7.38. The Labute approximate surface area is 125 Å². The highest BCUT2D eigenvalue weighted by Gasteiger charge is 2.49. The van der Waals surface area contributed by atoms with Crippen LogP contribution in [-0.2, 0) is 9.59 Å². The second-order valence-electron chi connectivity index (χ2n) is 5.33. The normalized spacial score (nSPS) is 17.4. The van der Waals surface area contributed by atoms with Crippen molar-refractivity contribution in [2.45, 2.75) is 33.1 Å². The zero-order chi connectivity index (χ0) is 15.5. The maximum atomic E-state index is 12.6. The van der Waals surface area contributed by atoms with Crippen LogP contribution in [0, 0.1) is 5.41 Å². The van der Waals surface area contributed by atoms with Gasteiger partial charge in [-0.25, -0.2) is 0 Å². The highest BCUT2D eigenvalue weighted by molar-refractivity contribution is 6.22. The van der Waals surface area contributed by atoms with Crippen LogP contribution in [0.1, 0.15) is 33.1 Å². The Morgan fingerprint density at radius 3 is 2.29 bits per heavy atom. The summed E-state index contributed by atoms with van der Waals surface area (Å²) in [5.74, 6) is 0.466. The summed E-state index contributed by atoms with van der Waals surface area (Å²) in [5.41, 5.74) is 5.45. The van der Waals surface area contributed by atoms with Gasteiger partial charge in [0, 0.05) is 13.0 Å². The van der Waals surface area contributed by atoms with Gasteiger partial charge >= 0.3 is 0 Å². The number of imide groups is 1. The molecule has 0 aliphatic carbocycles. The average Bonchev–Trinajstić information content (AvgIpc) is 2.77. The number of hydrogen-bond acceptors (Lipinski definition) is 4. The molecule has 2 amide bonds. The number of anilines is 1. The van der Waals surface area contributed by atoms with E-state index < -0.39 is 5.41 Å². The van der Waals surface area contributed by atoms with E-state index in [1.807, 2.05) is 13.8 Å². The monoisotopic (exact) mass is 290 g/mol. The molecule has 0 unspecified atom stereocenters. The van der Waals surface area contributed by atoms with Gasteiger partial charge in [0.05, 0.1) is 11.1 Å². The third kappa shape index (κ3) is 2.78. The van der Waals surface area contributed by atoms with Gasteiger partial charge in [-0.05, 0) is 37.1 Å². The van der Waals surface area contributed by atoms with Crippen molar-refractivity contribution < 1.29 is 14.3 Å². The molecular weight excluding hydrogens is 268 g/mol. The van der Waals surface area contributed by atoms with Gasteiger partial charge in [-0.2, -0.15) is 0 Å². The molecule has 0 aromatic heterocycles. The van der Waals surface area contributed by atoms with E-state index in [1.54, 1.807) is 24.3 Å². The lowest BCUT2D eigenvalue weighted by molar-refractivity contribution is -0.126. The molecule has 1 aliphatic rings. The minimum atomic E-state index is -0.536. The van der Waals surface area contributed by atoms with Crippen molar-refractivity contribution in [2.75, 3.05) is 18.1 Å². The molecule has 1 aromatic carbocycles. The van der Waals surface area contributed by atoms with Crippen LogP contribution in [0.25, 0.3) is 0 Å². The summed E-state index contributed by atoms with van der Waals surface area (Å²) in [5, 5.41) is 0. The van der Waals surface area contributed by atoms with Gasteiger partial charge in [0.2, 0.25) is 11.8 Å². The Morgan fingerprint density at radius 1 is 1.19 bits per heavy atom.